The molecule has 39 heavy (non-hydrogen) atoms. The Morgan fingerprint density at radius 3 is 1.10 bits per heavy atom. The Bertz CT molecular complexity index is 805. The van der Waals surface area contributed by atoms with E-state index in [4.69, 9.17) is 20.4 Å². The van der Waals surface area contributed by atoms with Crippen LogP contribution in [0.2, 0.25) is 0 Å². The topological polar surface area (TPSA) is 335 Å². The molecule has 19 heteroatoms. The van der Waals surface area contributed by atoms with Gasteiger partial charge in [0.25, 0.3) is 11.6 Å². The zero-order valence-electron chi connectivity index (χ0n) is 20.7. The SMILES string of the molecule is C=CC(=O)O[C@](O)(C(=O)[O-])[C@@](C)(O)[C@H](O)[C@H](O)CO.C=CC(=O)O[C@](O)(C(=O)[O-])[C@@](C)(O)[C@H](O)[C@H](O)CO.[Mg+2]. The second-order valence-corrected chi connectivity index (χ2v) is 7.80. The molecular weight excluding hydrogens is 553 g/mol. The summed E-state index contributed by atoms with van der Waals surface area (Å²) >= 11 is 0. The van der Waals surface area contributed by atoms with Gasteiger partial charge in [-0.1, -0.05) is 13.2 Å². The average Bonchev–Trinajstić information content (AvgIpc) is 2.85. The number of hydrogen-bond acceptors (Lipinski definition) is 18. The molecule has 0 aliphatic rings. The normalized spacial score (nSPS) is 20.0. The monoisotopic (exact) mass is 582 g/mol. The van der Waals surface area contributed by atoms with Crippen LogP contribution in [0.15, 0.2) is 25.3 Å². The molecule has 0 fully saturated rings. The largest absolute Gasteiger partial charge is 2.00 e. The van der Waals surface area contributed by atoms with Gasteiger partial charge < -0.3 is 80.3 Å². The van der Waals surface area contributed by atoms with Crippen molar-refractivity contribution in [3.8, 4) is 0 Å². The predicted molar refractivity (Wildman–Crippen MR) is 118 cm³/mol. The molecule has 220 valence electrons. The van der Waals surface area contributed by atoms with Crippen molar-refractivity contribution in [2.45, 2.75) is 61.0 Å². The molecule has 0 aromatic rings. The van der Waals surface area contributed by atoms with Crippen LogP contribution in [0.25, 0.3) is 0 Å². The Labute approximate surface area is 236 Å². The molecule has 0 aliphatic heterocycles. The fourth-order valence-corrected chi connectivity index (χ4v) is 2.43. The number of carbonyl (C=O) groups excluding carboxylic acids is 4. The van der Waals surface area contributed by atoms with Crippen LogP contribution in [0.1, 0.15) is 13.8 Å². The molecule has 0 saturated heterocycles. The molecule has 0 rings (SSSR count). The van der Waals surface area contributed by atoms with Crippen LogP contribution >= 0.6 is 0 Å². The Hall–Kier alpha value is -2.27. The van der Waals surface area contributed by atoms with Crippen LogP contribution in [0.3, 0.4) is 0 Å². The number of esters is 2. The first-order chi connectivity index (χ1) is 17.1. The summed E-state index contributed by atoms with van der Waals surface area (Å²) in [4.78, 5) is 43.6. The number of carboxylic acid groups (broad SMARTS) is 2. The number of aliphatic hydroxyl groups excluding tert-OH is 6. The summed E-state index contributed by atoms with van der Waals surface area (Å²) in [5.74, 6) is -15.0. The number of carboxylic acids is 2. The van der Waals surface area contributed by atoms with E-state index in [0.29, 0.717) is 26.0 Å². The Morgan fingerprint density at radius 1 is 0.718 bits per heavy atom. The quantitative estimate of drug-likeness (QED) is 0.0393. The Kier molecular flexibility index (Phi) is 17.0. The van der Waals surface area contributed by atoms with E-state index in [2.05, 4.69) is 22.6 Å². The molecule has 0 unspecified atom stereocenters. The van der Waals surface area contributed by atoms with E-state index < -0.39 is 84.3 Å². The molecule has 0 saturated carbocycles. The maximum absolute atomic E-state index is 10.9. The summed E-state index contributed by atoms with van der Waals surface area (Å²) in [6, 6.07) is 0. The number of rotatable bonds is 14. The molecule has 0 aliphatic carbocycles. The Morgan fingerprint density at radius 2 is 0.949 bits per heavy atom. The number of hydrogen-bond donors (Lipinski definition) is 10. The minimum atomic E-state index is -3.66. The van der Waals surface area contributed by atoms with Crippen LogP contribution in [-0.4, -0.2) is 158 Å². The van der Waals surface area contributed by atoms with Crippen LogP contribution in [0.4, 0.5) is 0 Å². The zero-order valence-corrected chi connectivity index (χ0v) is 22.2. The maximum atomic E-state index is 10.9. The summed E-state index contributed by atoms with van der Waals surface area (Å²) in [7, 11) is 0. The molecule has 0 radical (unpaired) electrons. The van der Waals surface area contributed by atoms with Gasteiger partial charge in [0.05, 0.1) is 13.2 Å². The van der Waals surface area contributed by atoms with E-state index in [-0.39, 0.29) is 23.1 Å². The molecule has 10 N–H and O–H groups in total. The third-order valence-corrected chi connectivity index (χ3v) is 5.01. The predicted octanol–water partition coefficient (Wildman–Crippen LogP) is -9.14. The van der Waals surface area contributed by atoms with Crippen molar-refractivity contribution in [1.29, 1.82) is 0 Å². The van der Waals surface area contributed by atoms with Gasteiger partial charge in [0.1, 0.15) is 36.4 Å². The van der Waals surface area contributed by atoms with Gasteiger partial charge in [0, 0.05) is 12.2 Å². The van der Waals surface area contributed by atoms with Crippen molar-refractivity contribution in [3.05, 3.63) is 25.3 Å². The van der Waals surface area contributed by atoms with Gasteiger partial charge in [0.15, 0.2) is 11.2 Å². The second-order valence-electron chi connectivity index (χ2n) is 7.80. The zero-order chi connectivity index (χ0) is 30.9. The van der Waals surface area contributed by atoms with Gasteiger partial charge in [-0.05, 0) is 13.8 Å². The molecule has 0 bridgehead atoms. The summed E-state index contributed by atoms with van der Waals surface area (Å²) < 4.78 is 8.13. The van der Waals surface area contributed by atoms with Crippen LogP contribution in [0, 0.1) is 0 Å². The van der Waals surface area contributed by atoms with E-state index in [1.54, 1.807) is 0 Å². The van der Waals surface area contributed by atoms with Crippen LogP contribution in [-0.2, 0) is 28.7 Å². The molecule has 0 aromatic heterocycles. The summed E-state index contributed by atoms with van der Waals surface area (Å²) in [6.45, 7) is 4.95. The second kappa shape index (κ2) is 16.1. The van der Waals surface area contributed by atoms with Crippen LogP contribution in [0.5, 0.6) is 0 Å². The molecule has 0 aromatic carbocycles. The van der Waals surface area contributed by atoms with Crippen molar-refractivity contribution >= 4 is 46.9 Å². The van der Waals surface area contributed by atoms with Gasteiger partial charge in [-0.15, -0.1) is 0 Å². The fraction of sp³-hybridized carbons (Fsp3) is 0.600. The molecule has 0 amide bonds. The number of carbonyl (C=O) groups is 4. The minimum absolute atomic E-state index is 0. The van der Waals surface area contributed by atoms with Gasteiger partial charge in [0.2, 0.25) is 0 Å². The average molecular weight is 583 g/mol. The maximum Gasteiger partial charge on any atom is 2.00 e. The third kappa shape index (κ3) is 9.41. The minimum Gasteiger partial charge on any atom is -0.543 e. The van der Waals surface area contributed by atoms with Gasteiger partial charge >= 0.3 is 35.0 Å². The van der Waals surface area contributed by atoms with E-state index in [9.17, 15) is 60.0 Å². The smallest absolute Gasteiger partial charge is 0.543 e. The van der Waals surface area contributed by atoms with E-state index in [1.807, 2.05) is 0 Å². The van der Waals surface area contributed by atoms with Crippen molar-refractivity contribution in [3.63, 3.8) is 0 Å². The Balaban J connectivity index is -0.000000648. The molecule has 8 atom stereocenters. The summed E-state index contributed by atoms with van der Waals surface area (Å²) in [5, 5.41) is 115. The first-order valence-electron chi connectivity index (χ1n) is 10.1. The third-order valence-electron chi connectivity index (χ3n) is 5.01. The van der Waals surface area contributed by atoms with E-state index in [0.717, 1.165) is 0 Å². The van der Waals surface area contributed by atoms with Gasteiger partial charge in [-0.25, -0.2) is 9.59 Å². The van der Waals surface area contributed by atoms with Crippen molar-refractivity contribution < 1.29 is 89.9 Å². The van der Waals surface area contributed by atoms with Crippen molar-refractivity contribution in [2.75, 3.05) is 13.2 Å². The fourth-order valence-electron chi connectivity index (χ4n) is 2.43. The molecule has 0 spiro atoms. The number of ether oxygens (including phenoxy) is 2. The van der Waals surface area contributed by atoms with Crippen LogP contribution < -0.4 is 10.2 Å². The molecular formula is C20H30MgO18. The first kappa shape index (κ1) is 41.2. The summed E-state index contributed by atoms with van der Waals surface area (Å²) in [6.07, 6.45) is -7.69. The standard InChI is InChI=1S/2C10H16O9.Mg/c2*1-3-6(13)19-10(18,8(15)16)9(2,17)7(14)5(12)4-11;/h2*3,5,7,11-12,14,17-18H,1,4H2,2H3,(H,15,16);/q;;+2/p-2/t2*5-,7-,9+,10-;/m11./s1. The summed E-state index contributed by atoms with van der Waals surface area (Å²) in [5.41, 5.74) is -6.13. The molecule has 18 nitrogen and oxygen atoms in total. The van der Waals surface area contributed by atoms with Gasteiger partial charge in [-0.3, -0.25) is 0 Å². The van der Waals surface area contributed by atoms with Crippen molar-refractivity contribution in [1.82, 2.24) is 0 Å². The van der Waals surface area contributed by atoms with Crippen molar-refractivity contribution in [2.24, 2.45) is 0 Å². The first-order valence-corrected chi connectivity index (χ1v) is 10.1. The van der Waals surface area contributed by atoms with E-state index in [1.165, 1.54) is 0 Å². The number of aliphatic hydroxyl groups is 10. The molecule has 0 heterocycles. The van der Waals surface area contributed by atoms with E-state index >= 15 is 0 Å². The van der Waals surface area contributed by atoms with Gasteiger partial charge in [-0.2, -0.15) is 0 Å². The number of aliphatic carboxylic acids is 2.